The van der Waals surface area contributed by atoms with Crippen LogP contribution in [0.1, 0.15) is 278 Å². The van der Waals surface area contributed by atoms with Crippen molar-refractivity contribution in [1.82, 2.24) is 0 Å². The molecule has 0 amide bonds. The van der Waals surface area contributed by atoms with Crippen molar-refractivity contribution in [3.05, 3.63) is 36.5 Å². The number of carbonyl (C=O) groups is 3. The van der Waals surface area contributed by atoms with Crippen molar-refractivity contribution >= 4 is 25.7 Å². The van der Waals surface area contributed by atoms with Gasteiger partial charge in [0, 0.05) is 19.3 Å². The summed E-state index contributed by atoms with van der Waals surface area (Å²) in [6.07, 6.45) is 53.9. The Morgan fingerprint density at radius 2 is 0.714 bits per heavy atom. The summed E-state index contributed by atoms with van der Waals surface area (Å²) in [6.45, 7) is 4.59. The van der Waals surface area contributed by atoms with Gasteiger partial charge in [0.2, 0.25) is 0 Å². The van der Waals surface area contributed by atoms with Gasteiger partial charge in [-0.2, -0.15) is 0 Å². The normalized spacial score (nSPS) is 13.6. The minimum atomic E-state index is -4.74. The molecule has 70 heavy (non-hydrogen) atoms. The van der Waals surface area contributed by atoms with Crippen LogP contribution in [0.2, 0.25) is 0 Å². The molecule has 0 aromatic carbocycles. The third-order valence-corrected chi connectivity index (χ3v) is 13.5. The van der Waals surface area contributed by atoms with Gasteiger partial charge in [-0.1, -0.05) is 224 Å². The number of hydrogen-bond donors (Lipinski definition) is 2. The number of hydrogen-bond acceptors (Lipinski definition) is 10. The van der Waals surface area contributed by atoms with Crippen LogP contribution in [0.15, 0.2) is 36.5 Å². The first-order valence-electron chi connectivity index (χ1n) is 28.9. The highest BCUT2D eigenvalue weighted by Gasteiger charge is 2.28. The van der Waals surface area contributed by atoms with Crippen LogP contribution in [0.4, 0.5) is 0 Å². The molecule has 11 nitrogen and oxygen atoms in total. The highest BCUT2D eigenvalue weighted by atomic mass is 31.2. The van der Waals surface area contributed by atoms with Gasteiger partial charge >= 0.3 is 25.7 Å². The lowest BCUT2D eigenvalue weighted by Crippen LogP contribution is -2.30. The molecular weight excluding hydrogens is 904 g/mol. The lowest BCUT2D eigenvalue weighted by atomic mass is 10.0. The van der Waals surface area contributed by atoms with E-state index in [-0.39, 0.29) is 25.9 Å². The van der Waals surface area contributed by atoms with Crippen molar-refractivity contribution < 1.29 is 52.2 Å². The molecule has 0 saturated carbocycles. The number of allylic oxidation sites excluding steroid dienone is 6. The quantitative estimate of drug-likeness (QED) is 0.0197. The molecule has 0 spiro atoms. The summed E-state index contributed by atoms with van der Waals surface area (Å²) in [6, 6.07) is 0. The molecule has 0 aromatic heterocycles. The highest BCUT2D eigenvalue weighted by molar-refractivity contribution is 7.47. The molecule has 0 saturated heterocycles. The number of rotatable bonds is 54. The summed E-state index contributed by atoms with van der Waals surface area (Å²) >= 11 is 0. The standard InChI is InChI=1S/C58H107O11P/c1-4-7-10-13-16-19-22-24-26-27-29-30-33-35-38-41-44-47-56(60)65-51-55(69-58(62)49-46-43-40-37-34-31-28-25-23-20-17-14-11-8-5-2)53-67-70(63,64)66-52-54(50-59)68-57(61)48-45-42-39-36-32-21-18-15-12-9-6-3/h15,17-18,20,25,28,54-55,59H,4-14,16,19,21-24,26-27,29-53H2,1-3H3,(H,63,64)/b18-15-,20-17-,28-25-. The molecule has 0 aliphatic heterocycles. The summed E-state index contributed by atoms with van der Waals surface area (Å²) in [7, 11) is -4.74. The minimum Gasteiger partial charge on any atom is -0.462 e. The molecule has 2 N–H and O–H groups in total. The first-order chi connectivity index (χ1) is 34.2. The van der Waals surface area contributed by atoms with Gasteiger partial charge in [0.25, 0.3) is 0 Å². The predicted molar refractivity (Wildman–Crippen MR) is 289 cm³/mol. The molecule has 0 fully saturated rings. The van der Waals surface area contributed by atoms with Crippen LogP contribution in [-0.4, -0.2) is 66.5 Å². The highest BCUT2D eigenvalue weighted by Crippen LogP contribution is 2.43. The van der Waals surface area contributed by atoms with E-state index in [1.54, 1.807) is 0 Å². The van der Waals surface area contributed by atoms with Crippen LogP contribution in [-0.2, 0) is 42.2 Å². The smallest absolute Gasteiger partial charge is 0.462 e. The Kier molecular flexibility index (Phi) is 51.3. The fourth-order valence-corrected chi connectivity index (χ4v) is 8.86. The maximum atomic E-state index is 12.9. The van der Waals surface area contributed by atoms with Gasteiger partial charge in [-0.15, -0.1) is 0 Å². The van der Waals surface area contributed by atoms with E-state index in [4.69, 9.17) is 23.3 Å². The lowest BCUT2D eigenvalue weighted by Gasteiger charge is -2.21. The molecule has 0 aliphatic rings. The van der Waals surface area contributed by atoms with E-state index in [0.717, 1.165) is 103 Å². The maximum Gasteiger partial charge on any atom is 0.472 e. The van der Waals surface area contributed by atoms with Crippen molar-refractivity contribution in [2.75, 3.05) is 26.4 Å². The molecule has 0 aromatic rings. The molecular formula is C58H107O11P. The first kappa shape index (κ1) is 67.7. The van der Waals surface area contributed by atoms with Crippen molar-refractivity contribution in [2.24, 2.45) is 0 Å². The van der Waals surface area contributed by atoms with Gasteiger partial charge in [-0.25, -0.2) is 4.57 Å². The van der Waals surface area contributed by atoms with E-state index < -0.39 is 57.8 Å². The number of ether oxygens (including phenoxy) is 3. The number of esters is 3. The zero-order chi connectivity index (χ0) is 51.3. The number of unbranched alkanes of at least 4 members (excludes halogenated alkanes) is 31. The number of phosphoric acid groups is 1. The van der Waals surface area contributed by atoms with Gasteiger partial charge in [0.1, 0.15) is 12.7 Å². The fraction of sp³-hybridized carbons (Fsp3) is 0.845. The predicted octanol–water partition coefficient (Wildman–Crippen LogP) is 16.8. The van der Waals surface area contributed by atoms with Crippen LogP contribution >= 0.6 is 7.82 Å². The Labute approximate surface area is 429 Å². The van der Waals surface area contributed by atoms with E-state index in [0.29, 0.717) is 19.3 Å². The minimum absolute atomic E-state index is 0.155. The molecule has 12 heteroatoms. The first-order valence-corrected chi connectivity index (χ1v) is 30.4. The average molecular weight is 1010 g/mol. The largest absolute Gasteiger partial charge is 0.472 e. The third-order valence-electron chi connectivity index (χ3n) is 12.5. The summed E-state index contributed by atoms with van der Waals surface area (Å²) in [5, 5.41) is 9.78. The van der Waals surface area contributed by atoms with Crippen molar-refractivity contribution in [3.63, 3.8) is 0 Å². The fourth-order valence-electron chi connectivity index (χ4n) is 8.07. The van der Waals surface area contributed by atoms with E-state index in [2.05, 4.69) is 57.2 Å². The average Bonchev–Trinajstić information content (AvgIpc) is 3.35. The molecule has 0 aliphatic carbocycles. The van der Waals surface area contributed by atoms with Gasteiger partial charge in [-0.3, -0.25) is 23.4 Å². The monoisotopic (exact) mass is 1010 g/mol. The van der Waals surface area contributed by atoms with Crippen LogP contribution in [0.5, 0.6) is 0 Å². The summed E-state index contributed by atoms with van der Waals surface area (Å²) in [5.74, 6) is -1.47. The Morgan fingerprint density at radius 3 is 1.14 bits per heavy atom. The molecule has 0 radical (unpaired) electrons. The number of carbonyl (C=O) groups excluding carboxylic acids is 3. The molecule has 0 bridgehead atoms. The molecule has 410 valence electrons. The molecule has 3 atom stereocenters. The lowest BCUT2D eigenvalue weighted by molar-refractivity contribution is -0.161. The van der Waals surface area contributed by atoms with E-state index in [9.17, 15) is 28.9 Å². The van der Waals surface area contributed by atoms with Crippen molar-refractivity contribution in [1.29, 1.82) is 0 Å². The second-order valence-electron chi connectivity index (χ2n) is 19.5. The Morgan fingerprint density at radius 1 is 0.400 bits per heavy atom. The molecule has 3 unspecified atom stereocenters. The maximum absolute atomic E-state index is 12.9. The van der Waals surface area contributed by atoms with Crippen LogP contribution in [0, 0.1) is 0 Å². The number of phosphoric ester groups is 1. The van der Waals surface area contributed by atoms with E-state index in [1.165, 1.54) is 116 Å². The van der Waals surface area contributed by atoms with Crippen LogP contribution in [0.3, 0.4) is 0 Å². The summed E-state index contributed by atoms with van der Waals surface area (Å²) < 4.78 is 39.5. The summed E-state index contributed by atoms with van der Waals surface area (Å²) in [5.41, 5.74) is 0. The number of aliphatic hydroxyl groups is 1. The summed E-state index contributed by atoms with van der Waals surface area (Å²) in [4.78, 5) is 48.5. The second kappa shape index (κ2) is 53.0. The zero-order valence-corrected chi connectivity index (χ0v) is 46.1. The van der Waals surface area contributed by atoms with E-state index >= 15 is 0 Å². The topological polar surface area (TPSA) is 155 Å². The SMILES string of the molecule is CCCC/C=C\CCCCCCCC(=O)OC(CO)COP(=O)(O)OCC(COC(=O)CCCCCCCCCCCCCCCCCCC)OC(=O)CCCCCCC/C=C\C/C=C\CCCCC. The Bertz CT molecular complexity index is 1320. The molecule has 0 heterocycles. The van der Waals surface area contributed by atoms with Crippen molar-refractivity contribution in [3.8, 4) is 0 Å². The van der Waals surface area contributed by atoms with Crippen LogP contribution in [0.25, 0.3) is 0 Å². The second-order valence-corrected chi connectivity index (χ2v) is 20.9. The molecule has 0 rings (SSSR count). The van der Waals surface area contributed by atoms with Crippen molar-refractivity contribution in [2.45, 2.75) is 290 Å². The Balaban J connectivity index is 4.71. The Hall–Kier alpha value is -2.30. The third kappa shape index (κ3) is 50.6. The van der Waals surface area contributed by atoms with Gasteiger partial charge in [-0.05, 0) is 70.6 Å². The van der Waals surface area contributed by atoms with Gasteiger partial charge in [0.05, 0.1) is 19.8 Å². The zero-order valence-electron chi connectivity index (χ0n) is 45.2. The van der Waals surface area contributed by atoms with Gasteiger partial charge in [0.15, 0.2) is 6.10 Å². The number of aliphatic hydroxyl groups excluding tert-OH is 1. The van der Waals surface area contributed by atoms with E-state index in [1.807, 2.05) is 0 Å². The van der Waals surface area contributed by atoms with Gasteiger partial charge < -0.3 is 24.2 Å². The van der Waals surface area contributed by atoms with Crippen LogP contribution < -0.4 is 0 Å².